The Hall–Kier alpha value is -2.12. The summed E-state index contributed by atoms with van der Waals surface area (Å²) in [5.74, 6) is 0.188. The second-order valence-corrected chi connectivity index (χ2v) is 6.29. The highest BCUT2D eigenvalue weighted by Crippen LogP contribution is 2.17. The number of H-pyrrole nitrogens is 1. The summed E-state index contributed by atoms with van der Waals surface area (Å²) in [7, 11) is 0. The fourth-order valence-corrected chi connectivity index (χ4v) is 2.60. The highest BCUT2D eigenvalue weighted by molar-refractivity contribution is 9.10. The summed E-state index contributed by atoms with van der Waals surface area (Å²) in [4.78, 5) is 12.1. The number of benzene rings is 1. The number of aromatic nitrogens is 4. The first-order chi connectivity index (χ1) is 11.0. The van der Waals surface area contributed by atoms with Crippen molar-refractivity contribution in [1.29, 1.82) is 0 Å². The fourth-order valence-electron chi connectivity index (χ4n) is 2.10. The summed E-state index contributed by atoms with van der Waals surface area (Å²) in [6.45, 7) is 2.54. The van der Waals surface area contributed by atoms with E-state index in [2.05, 4.69) is 36.5 Å². The number of aryl methyl sites for hydroxylation is 1. The van der Waals surface area contributed by atoms with Crippen LogP contribution < -0.4 is 5.32 Å². The SMILES string of the molecule is Cc1cc(NC(=O)c2[nH]ncc2Br)nn1Cc1ccc(Cl)cc1. The molecule has 23 heavy (non-hydrogen) atoms. The molecule has 0 saturated heterocycles. The summed E-state index contributed by atoms with van der Waals surface area (Å²) in [5, 5.41) is 14.3. The van der Waals surface area contributed by atoms with Crippen molar-refractivity contribution in [3.63, 3.8) is 0 Å². The summed E-state index contributed by atoms with van der Waals surface area (Å²) in [6.07, 6.45) is 1.53. The highest BCUT2D eigenvalue weighted by Gasteiger charge is 2.14. The van der Waals surface area contributed by atoms with Gasteiger partial charge < -0.3 is 5.32 Å². The van der Waals surface area contributed by atoms with Gasteiger partial charge in [0.1, 0.15) is 5.69 Å². The molecule has 118 valence electrons. The topological polar surface area (TPSA) is 75.6 Å². The Labute approximate surface area is 146 Å². The first-order valence-electron chi connectivity index (χ1n) is 6.82. The molecule has 3 aromatic rings. The number of rotatable bonds is 4. The lowest BCUT2D eigenvalue weighted by molar-refractivity contribution is 0.102. The van der Waals surface area contributed by atoms with E-state index < -0.39 is 0 Å². The molecule has 8 heteroatoms. The van der Waals surface area contributed by atoms with E-state index in [1.807, 2.05) is 41.9 Å². The Kier molecular flexibility index (Phi) is 4.49. The van der Waals surface area contributed by atoms with Crippen LogP contribution in [0.5, 0.6) is 0 Å². The van der Waals surface area contributed by atoms with Crippen LogP contribution in [0.3, 0.4) is 0 Å². The number of aromatic amines is 1. The number of nitrogens with one attached hydrogen (secondary N) is 2. The molecule has 2 N–H and O–H groups in total. The molecule has 1 aromatic carbocycles. The van der Waals surface area contributed by atoms with E-state index in [1.54, 1.807) is 0 Å². The van der Waals surface area contributed by atoms with Crippen molar-refractivity contribution >= 4 is 39.3 Å². The van der Waals surface area contributed by atoms with Crippen LogP contribution in [0, 0.1) is 6.92 Å². The van der Waals surface area contributed by atoms with Gasteiger partial charge in [-0.2, -0.15) is 10.2 Å². The molecule has 0 atom stereocenters. The van der Waals surface area contributed by atoms with E-state index in [1.165, 1.54) is 6.20 Å². The Morgan fingerprint density at radius 3 is 2.78 bits per heavy atom. The van der Waals surface area contributed by atoms with Gasteiger partial charge in [-0.05, 0) is 40.5 Å². The summed E-state index contributed by atoms with van der Waals surface area (Å²) < 4.78 is 2.42. The van der Waals surface area contributed by atoms with Crippen LogP contribution in [0.2, 0.25) is 5.02 Å². The second kappa shape index (κ2) is 6.55. The van der Waals surface area contributed by atoms with E-state index in [9.17, 15) is 4.79 Å². The van der Waals surface area contributed by atoms with Crippen LogP contribution in [0.25, 0.3) is 0 Å². The van der Waals surface area contributed by atoms with Gasteiger partial charge >= 0.3 is 0 Å². The number of hydrogen-bond donors (Lipinski definition) is 2. The Bertz CT molecular complexity index is 840. The first-order valence-corrected chi connectivity index (χ1v) is 7.99. The standard InChI is InChI=1S/C15H13BrClN5O/c1-9-6-13(19-15(23)14-12(16)7-18-20-14)21-22(9)8-10-2-4-11(17)5-3-10/h2-7H,8H2,1H3,(H,18,20)(H,19,21,23). The minimum Gasteiger partial charge on any atom is -0.304 e. The summed E-state index contributed by atoms with van der Waals surface area (Å²) in [5.41, 5.74) is 2.38. The zero-order valence-corrected chi connectivity index (χ0v) is 14.5. The predicted molar refractivity (Wildman–Crippen MR) is 91.8 cm³/mol. The van der Waals surface area contributed by atoms with Gasteiger partial charge in [-0.3, -0.25) is 14.6 Å². The molecule has 0 saturated carbocycles. The van der Waals surface area contributed by atoms with Crippen LogP contribution >= 0.6 is 27.5 Å². The van der Waals surface area contributed by atoms with Crippen molar-refractivity contribution in [3.8, 4) is 0 Å². The molecular formula is C15H13BrClN5O. The van der Waals surface area contributed by atoms with Crippen molar-refractivity contribution in [1.82, 2.24) is 20.0 Å². The minimum atomic E-state index is -0.300. The maximum atomic E-state index is 12.1. The number of amides is 1. The smallest absolute Gasteiger partial charge is 0.276 e. The molecule has 0 fully saturated rings. The zero-order valence-electron chi connectivity index (χ0n) is 12.2. The molecule has 0 aliphatic heterocycles. The van der Waals surface area contributed by atoms with Gasteiger partial charge in [0.2, 0.25) is 0 Å². The van der Waals surface area contributed by atoms with Crippen LogP contribution in [0.15, 0.2) is 41.0 Å². The molecule has 3 rings (SSSR count). The van der Waals surface area contributed by atoms with E-state index in [0.717, 1.165) is 11.3 Å². The number of nitrogens with zero attached hydrogens (tertiary/aromatic N) is 3. The van der Waals surface area contributed by atoms with Gasteiger partial charge in [0.05, 0.1) is 17.2 Å². The van der Waals surface area contributed by atoms with Crippen molar-refractivity contribution in [2.45, 2.75) is 13.5 Å². The number of halogens is 2. The minimum absolute atomic E-state index is 0.300. The van der Waals surface area contributed by atoms with Gasteiger partial charge in [0.15, 0.2) is 5.82 Å². The van der Waals surface area contributed by atoms with E-state index in [4.69, 9.17) is 11.6 Å². The molecule has 0 spiro atoms. The third-order valence-electron chi connectivity index (χ3n) is 3.29. The quantitative estimate of drug-likeness (QED) is 0.709. The fraction of sp³-hybridized carbons (Fsp3) is 0.133. The summed E-state index contributed by atoms with van der Waals surface area (Å²) in [6, 6.07) is 9.40. The van der Waals surface area contributed by atoms with Crippen molar-refractivity contribution in [2.24, 2.45) is 0 Å². The lowest BCUT2D eigenvalue weighted by Gasteiger charge is -2.04. The van der Waals surface area contributed by atoms with Gasteiger partial charge in [-0.1, -0.05) is 23.7 Å². The van der Waals surface area contributed by atoms with Crippen molar-refractivity contribution < 1.29 is 4.79 Å². The molecule has 0 bridgehead atoms. The van der Waals surface area contributed by atoms with Crippen LogP contribution in [0.4, 0.5) is 5.82 Å². The van der Waals surface area contributed by atoms with Gasteiger partial charge in [0.25, 0.3) is 5.91 Å². The molecule has 0 unspecified atom stereocenters. The Morgan fingerprint density at radius 2 is 2.13 bits per heavy atom. The zero-order chi connectivity index (χ0) is 16.4. The molecule has 0 aliphatic carbocycles. The average molecular weight is 395 g/mol. The van der Waals surface area contributed by atoms with Crippen molar-refractivity contribution in [2.75, 3.05) is 5.32 Å². The normalized spacial score (nSPS) is 10.7. The molecule has 2 aromatic heterocycles. The predicted octanol–water partition coefficient (Wildman–Crippen LogP) is 3.63. The highest BCUT2D eigenvalue weighted by atomic mass is 79.9. The monoisotopic (exact) mass is 393 g/mol. The molecule has 0 aliphatic rings. The second-order valence-electron chi connectivity index (χ2n) is 5.00. The lowest BCUT2D eigenvalue weighted by atomic mass is 10.2. The maximum Gasteiger partial charge on any atom is 0.276 e. The Morgan fingerprint density at radius 1 is 1.39 bits per heavy atom. The molecule has 2 heterocycles. The van der Waals surface area contributed by atoms with Gasteiger partial charge in [-0.25, -0.2) is 0 Å². The third-order valence-corrected chi connectivity index (χ3v) is 4.14. The first kappa shape index (κ1) is 15.8. The molecular weight excluding hydrogens is 382 g/mol. The van der Waals surface area contributed by atoms with Gasteiger partial charge in [0, 0.05) is 16.8 Å². The summed E-state index contributed by atoms with van der Waals surface area (Å²) >= 11 is 9.15. The number of anilines is 1. The van der Waals surface area contributed by atoms with E-state index >= 15 is 0 Å². The number of carbonyl (C=O) groups is 1. The maximum absolute atomic E-state index is 12.1. The number of hydrogen-bond acceptors (Lipinski definition) is 3. The molecule has 0 radical (unpaired) electrons. The van der Waals surface area contributed by atoms with Crippen molar-refractivity contribution in [3.05, 3.63) is 63.0 Å². The largest absolute Gasteiger partial charge is 0.304 e. The molecule has 1 amide bonds. The lowest BCUT2D eigenvalue weighted by Crippen LogP contribution is -2.14. The Balaban J connectivity index is 1.74. The van der Waals surface area contributed by atoms with Crippen LogP contribution in [0.1, 0.15) is 21.7 Å². The van der Waals surface area contributed by atoms with Crippen LogP contribution in [-0.4, -0.2) is 25.9 Å². The van der Waals surface area contributed by atoms with E-state index in [0.29, 0.717) is 27.6 Å². The molecule has 6 nitrogen and oxygen atoms in total. The van der Waals surface area contributed by atoms with Gasteiger partial charge in [-0.15, -0.1) is 0 Å². The third kappa shape index (κ3) is 3.62. The van der Waals surface area contributed by atoms with Crippen LogP contribution in [-0.2, 0) is 6.54 Å². The number of carbonyl (C=O) groups excluding carboxylic acids is 1. The average Bonchev–Trinajstić information content (AvgIpc) is 3.08. The van der Waals surface area contributed by atoms with E-state index in [-0.39, 0.29) is 5.91 Å².